The fraction of sp³-hybridized carbons (Fsp3) is 0.700. The first-order valence-electron chi connectivity index (χ1n) is 4.75. The minimum absolute atomic E-state index is 0.217. The third-order valence-electron chi connectivity index (χ3n) is 1.94. The zero-order valence-electron chi connectivity index (χ0n) is 8.83. The van der Waals surface area contributed by atoms with Gasteiger partial charge in [0.15, 0.2) is 0 Å². The van der Waals surface area contributed by atoms with Crippen molar-refractivity contribution in [2.24, 2.45) is 0 Å². The Morgan fingerprint density at radius 3 is 2.86 bits per heavy atom. The van der Waals surface area contributed by atoms with E-state index in [4.69, 9.17) is 14.2 Å². The van der Waals surface area contributed by atoms with Crippen molar-refractivity contribution in [2.75, 3.05) is 6.61 Å². The molecule has 1 atom stereocenters. The molecular formula is C10H16O4. The summed E-state index contributed by atoms with van der Waals surface area (Å²) in [5, 5.41) is 0. The van der Waals surface area contributed by atoms with Crippen molar-refractivity contribution in [2.45, 2.75) is 39.4 Å². The smallest absolute Gasteiger partial charge is 0.306 e. The first-order chi connectivity index (χ1) is 6.56. The van der Waals surface area contributed by atoms with Gasteiger partial charge >= 0.3 is 5.97 Å². The summed E-state index contributed by atoms with van der Waals surface area (Å²) in [6.07, 6.45) is 2.37. The summed E-state index contributed by atoms with van der Waals surface area (Å²) in [4.78, 5) is 11.1. The average molecular weight is 200 g/mol. The highest BCUT2D eigenvalue weighted by Gasteiger charge is 2.32. The lowest BCUT2D eigenvalue weighted by molar-refractivity contribution is -0.156. The second-order valence-electron chi connectivity index (χ2n) is 3.39. The van der Waals surface area contributed by atoms with E-state index in [1.165, 1.54) is 0 Å². The van der Waals surface area contributed by atoms with Gasteiger partial charge in [-0.25, -0.2) is 0 Å². The van der Waals surface area contributed by atoms with Crippen LogP contribution in [-0.2, 0) is 19.0 Å². The molecule has 0 radical (unpaired) electrons. The number of hydrogen-bond acceptors (Lipinski definition) is 4. The molecule has 0 saturated carbocycles. The predicted octanol–water partition coefficient (Wildman–Crippen LogP) is 1.95. The van der Waals surface area contributed by atoms with Crippen LogP contribution >= 0.6 is 0 Å². The number of carbonyl (C=O) groups excluding carboxylic acids is 1. The zero-order valence-corrected chi connectivity index (χ0v) is 8.83. The van der Waals surface area contributed by atoms with E-state index in [1.54, 1.807) is 20.1 Å². The Morgan fingerprint density at radius 1 is 1.64 bits per heavy atom. The maximum absolute atomic E-state index is 11.1. The maximum Gasteiger partial charge on any atom is 0.306 e. The standard InChI is InChI=1S/C10H16O4/c1-4-12-9(11)5-6-10(3)13-7-8(2)14-10/h7H,4-6H2,1-3H3. The minimum atomic E-state index is -0.698. The van der Waals surface area contributed by atoms with Crippen LogP contribution in [0.4, 0.5) is 0 Å². The normalized spacial score (nSPS) is 24.9. The lowest BCUT2D eigenvalue weighted by Crippen LogP contribution is -2.27. The molecule has 0 N–H and O–H groups in total. The van der Waals surface area contributed by atoms with E-state index < -0.39 is 5.79 Å². The lowest BCUT2D eigenvalue weighted by atomic mass is 10.2. The van der Waals surface area contributed by atoms with Crippen molar-refractivity contribution in [3.8, 4) is 0 Å². The first kappa shape index (κ1) is 10.9. The van der Waals surface area contributed by atoms with Crippen LogP contribution in [0.5, 0.6) is 0 Å². The molecule has 0 spiro atoms. The third kappa shape index (κ3) is 2.94. The fourth-order valence-electron chi connectivity index (χ4n) is 1.27. The monoisotopic (exact) mass is 200 g/mol. The summed E-state index contributed by atoms with van der Waals surface area (Å²) in [6.45, 7) is 5.82. The van der Waals surface area contributed by atoms with Gasteiger partial charge in [-0.05, 0) is 13.8 Å². The van der Waals surface area contributed by atoms with Gasteiger partial charge in [0.2, 0.25) is 5.79 Å². The molecule has 1 unspecified atom stereocenters. The summed E-state index contributed by atoms with van der Waals surface area (Å²) in [6, 6.07) is 0. The van der Waals surface area contributed by atoms with Crippen LogP contribution in [0.3, 0.4) is 0 Å². The van der Waals surface area contributed by atoms with Crippen LogP contribution in [0, 0.1) is 0 Å². The Kier molecular flexibility index (Phi) is 3.38. The summed E-state index contributed by atoms with van der Waals surface area (Å²) >= 11 is 0. The van der Waals surface area contributed by atoms with Gasteiger partial charge in [-0.3, -0.25) is 4.79 Å². The molecule has 80 valence electrons. The van der Waals surface area contributed by atoms with Gasteiger partial charge in [-0.2, -0.15) is 0 Å². The molecule has 1 rings (SSSR count). The number of ether oxygens (including phenoxy) is 3. The molecule has 0 bridgehead atoms. The molecule has 4 heteroatoms. The molecule has 0 amide bonds. The van der Waals surface area contributed by atoms with Crippen molar-refractivity contribution in [1.82, 2.24) is 0 Å². The molecule has 0 aliphatic carbocycles. The van der Waals surface area contributed by atoms with E-state index in [9.17, 15) is 4.79 Å². The van der Waals surface area contributed by atoms with E-state index in [0.717, 1.165) is 5.76 Å². The molecule has 1 aliphatic heterocycles. The van der Waals surface area contributed by atoms with Crippen LogP contribution in [0.15, 0.2) is 12.0 Å². The highest BCUT2D eigenvalue weighted by Crippen LogP contribution is 2.28. The molecule has 1 heterocycles. The van der Waals surface area contributed by atoms with E-state index >= 15 is 0 Å². The predicted molar refractivity (Wildman–Crippen MR) is 50.2 cm³/mol. The van der Waals surface area contributed by atoms with Crippen LogP contribution in [0.1, 0.15) is 33.6 Å². The van der Waals surface area contributed by atoms with Crippen LogP contribution in [0.25, 0.3) is 0 Å². The zero-order chi connectivity index (χ0) is 10.6. The van der Waals surface area contributed by atoms with Gasteiger partial charge < -0.3 is 14.2 Å². The molecule has 0 aromatic heterocycles. The second-order valence-corrected chi connectivity index (χ2v) is 3.39. The van der Waals surface area contributed by atoms with Crippen molar-refractivity contribution in [1.29, 1.82) is 0 Å². The minimum Gasteiger partial charge on any atom is -0.466 e. The van der Waals surface area contributed by atoms with E-state index in [1.807, 2.05) is 6.92 Å². The van der Waals surface area contributed by atoms with E-state index in [-0.39, 0.29) is 5.97 Å². The molecular weight excluding hydrogens is 184 g/mol. The van der Waals surface area contributed by atoms with Gasteiger partial charge in [0.05, 0.1) is 13.0 Å². The SMILES string of the molecule is CCOC(=O)CCC1(C)OC=C(C)O1. The van der Waals surface area contributed by atoms with Crippen LogP contribution in [0.2, 0.25) is 0 Å². The van der Waals surface area contributed by atoms with Crippen molar-refractivity contribution in [3.05, 3.63) is 12.0 Å². The number of esters is 1. The first-order valence-corrected chi connectivity index (χ1v) is 4.75. The molecule has 0 aromatic rings. The summed E-state index contributed by atoms with van der Waals surface area (Å²) in [5.74, 6) is -0.182. The maximum atomic E-state index is 11.1. The molecule has 4 nitrogen and oxygen atoms in total. The topological polar surface area (TPSA) is 44.8 Å². The van der Waals surface area contributed by atoms with Crippen LogP contribution in [-0.4, -0.2) is 18.4 Å². The molecule has 0 aromatic carbocycles. The third-order valence-corrected chi connectivity index (χ3v) is 1.94. The Bertz CT molecular complexity index is 247. The Morgan fingerprint density at radius 2 is 2.36 bits per heavy atom. The van der Waals surface area contributed by atoms with Crippen molar-refractivity contribution >= 4 is 5.97 Å². The Balaban J connectivity index is 2.28. The van der Waals surface area contributed by atoms with Gasteiger partial charge in [-0.15, -0.1) is 0 Å². The molecule has 14 heavy (non-hydrogen) atoms. The number of allylic oxidation sites excluding steroid dienone is 1. The Labute approximate surface area is 83.8 Å². The van der Waals surface area contributed by atoms with Gasteiger partial charge in [0.1, 0.15) is 12.0 Å². The van der Waals surface area contributed by atoms with E-state index in [0.29, 0.717) is 19.4 Å². The van der Waals surface area contributed by atoms with Gasteiger partial charge in [-0.1, -0.05) is 0 Å². The summed E-state index contributed by atoms with van der Waals surface area (Å²) in [7, 11) is 0. The number of rotatable bonds is 4. The number of carbonyl (C=O) groups is 1. The molecule has 1 aliphatic rings. The number of hydrogen-bond donors (Lipinski definition) is 0. The van der Waals surface area contributed by atoms with Gasteiger partial charge in [0.25, 0.3) is 0 Å². The van der Waals surface area contributed by atoms with Crippen LogP contribution < -0.4 is 0 Å². The highest BCUT2D eigenvalue weighted by molar-refractivity contribution is 5.69. The largest absolute Gasteiger partial charge is 0.466 e. The van der Waals surface area contributed by atoms with Crippen molar-refractivity contribution < 1.29 is 19.0 Å². The quantitative estimate of drug-likeness (QED) is 0.651. The molecule has 0 fully saturated rings. The van der Waals surface area contributed by atoms with Crippen molar-refractivity contribution in [3.63, 3.8) is 0 Å². The Hall–Kier alpha value is -1.19. The second kappa shape index (κ2) is 4.35. The highest BCUT2D eigenvalue weighted by atomic mass is 16.7. The summed E-state index contributed by atoms with van der Waals surface area (Å²) in [5.41, 5.74) is 0. The van der Waals surface area contributed by atoms with E-state index in [2.05, 4.69) is 0 Å². The summed E-state index contributed by atoms with van der Waals surface area (Å²) < 4.78 is 15.5. The van der Waals surface area contributed by atoms with Gasteiger partial charge in [0, 0.05) is 13.3 Å². The fourth-order valence-corrected chi connectivity index (χ4v) is 1.27. The lowest BCUT2D eigenvalue weighted by Gasteiger charge is -2.23. The molecule has 0 saturated heterocycles. The average Bonchev–Trinajstić information content (AvgIpc) is 2.45.